The zero-order valence-electron chi connectivity index (χ0n) is 8.37. The van der Waals surface area contributed by atoms with E-state index >= 15 is 0 Å². The third-order valence-corrected chi connectivity index (χ3v) is 1.93. The monoisotopic (exact) mass is 226 g/mol. The zero-order chi connectivity index (χ0) is 12.1. The van der Waals surface area contributed by atoms with Crippen LogP contribution in [-0.4, -0.2) is 23.5 Å². The van der Waals surface area contributed by atoms with Crippen LogP contribution < -0.4 is 11.1 Å². The van der Waals surface area contributed by atoms with Crippen LogP contribution in [0, 0.1) is 5.82 Å². The van der Waals surface area contributed by atoms with Crippen molar-refractivity contribution in [1.82, 2.24) is 5.32 Å². The van der Waals surface area contributed by atoms with Gasteiger partial charge in [0.05, 0.1) is 6.54 Å². The lowest BCUT2D eigenvalue weighted by molar-refractivity contribution is -0.136. The molecule has 0 bridgehead atoms. The van der Waals surface area contributed by atoms with Crippen LogP contribution in [0.2, 0.25) is 0 Å². The average Bonchev–Trinajstić information content (AvgIpc) is 2.19. The SMILES string of the molecule is NC(=O)c1ccc(CNCC(=O)O)c(F)c1. The van der Waals surface area contributed by atoms with E-state index in [-0.39, 0.29) is 24.2 Å². The molecule has 0 fully saturated rings. The summed E-state index contributed by atoms with van der Waals surface area (Å²) < 4.78 is 13.3. The highest BCUT2D eigenvalue weighted by molar-refractivity contribution is 5.92. The third-order valence-electron chi connectivity index (χ3n) is 1.93. The highest BCUT2D eigenvalue weighted by atomic mass is 19.1. The summed E-state index contributed by atoms with van der Waals surface area (Å²) in [5, 5.41) is 10.9. The summed E-state index contributed by atoms with van der Waals surface area (Å²) in [6, 6.07) is 3.81. The lowest BCUT2D eigenvalue weighted by Crippen LogP contribution is -2.22. The highest BCUT2D eigenvalue weighted by Gasteiger charge is 2.07. The Morgan fingerprint density at radius 2 is 2.12 bits per heavy atom. The van der Waals surface area contributed by atoms with Gasteiger partial charge in [0.2, 0.25) is 5.91 Å². The molecule has 0 aromatic heterocycles. The average molecular weight is 226 g/mol. The predicted molar refractivity (Wildman–Crippen MR) is 54.3 cm³/mol. The van der Waals surface area contributed by atoms with E-state index < -0.39 is 17.7 Å². The maximum atomic E-state index is 13.3. The van der Waals surface area contributed by atoms with Gasteiger partial charge in [-0.05, 0) is 12.1 Å². The number of hydrogen-bond acceptors (Lipinski definition) is 3. The molecule has 86 valence electrons. The Hall–Kier alpha value is -1.95. The summed E-state index contributed by atoms with van der Waals surface area (Å²) in [7, 11) is 0. The molecule has 1 amide bonds. The van der Waals surface area contributed by atoms with Gasteiger partial charge in [0.25, 0.3) is 0 Å². The number of nitrogens with two attached hydrogens (primary N) is 1. The normalized spacial score (nSPS) is 10.1. The number of carboxylic acid groups (broad SMARTS) is 1. The van der Waals surface area contributed by atoms with Crippen LogP contribution >= 0.6 is 0 Å². The van der Waals surface area contributed by atoms with Gasteiger partial charge in [-0.2, -0.15) is 0 Å². The van der Waals surface area contributed by atoms with E-state index in [1.807, 2.05) is 0 Å². The zero-order valence-corrected chi connectivity index (χ0v) is 8.37. The number of aliphatic carboxylic acids is 1. The molecule has 0 unspecified atom stereocenters. The van der Waals surface area contributed by atoms with Crippen LogP contribution in [0.1, 0.15) is 15.9 Å². The fourth-order valence-corrected chi connectivity index (χ4v) is 1.15. The molecule has 0 heterocycles. The van der Waals surface area contributed by atoms with Crippen LogP contribution in [0.5, 0.6) is 0 Å². The van der Waals surface area contributed by atoms with Crippen molar-refractivity contribution in [3.8, 4) is 0 Å². The summed E-state index contributed by atoms with van der Waals surface area (Å²) in [4.78, 5) is 20.9. The summed E-state index contributed by atoms with van der Waals surface area (Å²) in [5.74, 6) is -2.31. The van der Waals surface area contributed by atoms with E-state index in [2.05, 4.69) is 5.32 Å². The number of rotatable bonds is 5. The molecule has 0 radical (unpaired) electrons. The summed E-state index contributed by atoms with van der Waals surface area (Å²) in [6.45, 7) is -0.172. The van der Waals surface area contributed by atoms with E-state index in [0.29, 0.717) is 0 Å². The van der Waals surface area contributed by atoms with Gasteiger partial charge in [-0.25, -0.2) is 4.39 Å². The molecule has 4 N–H and O–H groups in total. The Morgan fingerprint density at radius 1 is 1.44 bits per heavy atom. The number of benzene rings is 1. The number of nitrogens with one attached hydrogen (secondary N) is 1. The van der Waals surface area contributed by atoms with Crippen molar-refractivity contribution in [2.24, 2.45) is 5.73 Å². The molecule has 0 aliphatic carbocycles. The molecular weight excluding hydrogens is 215 g/mol. The number of hydrogen-bond donors (Lipinski definition) is 3. The molecule has 1 rings (SSSR count). The van der Waals surface area contributed by atoms with Gasteiger partial charge in [0.15, 0.2) is 0 Å². The quantitative estimate of drug-likeness (QED) is 0.663. The van der Waals surface area contributed by atoms with Crippen LogP contribution in [-0.2, 0) is 11.3 Å². The molecule has 0 atom stereocenters. The molecule has 1 aromatic carbocycles. The van der Waals surface area contributed by atoms with Gasteiger partial charge in [-0.15, -0.1) is 0 Å². The van der Waals surface area contributed by atoms with Crippen molar-refractivity contribution in [2.75, 3.05) is 6.54 Å². The molecule has 0 saturated carbocycles. The molecule has 6 heteroatoms. The molecule has 0 aliphatic heterocycles. The standard InChI is InChI=1S/C10H11FN2O3/c11-8-3-6(10(12)16)1-2-7(8)4-13-5-9(14)15/h1-3,13H,4-5H2,(H2,12,16)(H,14,15). The largest absolute Gasteiger partial charge is 0.480 e. The van der Waals surface area contributed by atoms with Crippen molar-refractivity contribution in [1.29, 1.82) is 0 Å². The fourth-order valence-electron chi connectivity index (χ4n) is 1.15. The highest BCUT2D eigenvalue weighted by Crippen LogP contribution is 2.09. The Labute approximate surface area is 91.1 Å². The number of carboxylic acids is 1. The smallest absolute Gasteiger partial charge is 0.317 e. The van der Waals surface area contributed by atoms with Crippen LogP contribution in [0.4, 0.5) is 4.39 Å². The van der Waals surface area contributed by atoms with Gasteiger partial charge in [0, 0.05) is 17.7 Å². The van der Waals surface area contributed by atoms with Crippen molar-refractivity contribution >= 4 is 11.9 Å². The maximum Gasteiger partial charge on any atom is 0.317 e. The van der Waals surface area contributed by atoms with Gasteiger partial charge < -0.3 is 16.2 Å². The minimum Gasteiger partial charge on any atom is -0.480 e. The predicted octanol–water partition coefficient (Wildman–Crippen LogP) is 0.0988. The Kier molecular flexibility index (Phi) is 3.96. The molecule has 1 aromatic rings. The van der Waals surface area contributed by atoms with E-state index in [9.17, 15) is 14.0 Å². The van der Waals surface area contributed by atoms with Crippen molar-refractivity contribution in [2.45, 2.75) is 6.54 Å². The first kappa shape index (κ1) is 12.1. The summed E-state index contributed by atoms with van der Waals surface area (Å²) in [6.07, 6.45) is 0. The van der Waals surface area contributed by atoms with Gasteiger partial charge in [0.1, 0.15) is 5.82 Å². The molecule has 5 nitrogen and oxygen atoms in total. The lowest BCUT2D eigenvalue weighted by Gasteiger charge is -2.04. The molecular formula is C10H11FN2O3. The fraction of sp³-hybridized carbons (Fsp3) is 0.200. The second-order valence-electron chi connectivity index (χ2n) is 3.17. The van der Waals surface area contributed by atoms with Crippen molar-refractivity contribution < 1.29 is 19.1 Å². The Bertz CT molecular complexity index is 421. The Morgan fingerprint density at radius 3 is 2.62 bits per heavy atom. The van der Waals surface area contributed by atoms with E-state index in [0.717, 1.165) is 6.07 Å². The summed E-state index contributed by atoms with van der Waals surface area (Å²) in [5.41, 5.74) is 5.34. The first-order valence-corrected chi connectivity index (χ1v) is 4.51. The van der Waals surface area contributed by atoms with E-state index in [1.165, 1.54) is 12.1 Å². The van der Waals surface area contributed by atoms with E-state index in [4.69, 9.17) is 10.8 Å². The number of amides is 1. The van der Waals surface area contributed by atoms with Gasteiger partial charge in [-0.3, -0.25) is 9.59 Å². The number of carbonyl (C=O) groups is 2. The van der Waals surface area contributed by atoms with Gasteiger partial charge >= 0.3 is 5.97 Å². The summed E-state index contributed by atoms with van der Waals surface area (Å²) >= 11 is 0. The minimum atomic E-state index is -1.02. The second kappa shape index (κ2) is 5.22. The first-order valence-electron chi connectivity index (χ1n) is 4.51. The Balaban J connectivity index is 2.68. The van der Waals surface area contributed by atoms with Crippen molar-refractivity contribution in [3.05, 3.63) is 35.1 Å². The number of carbonyl (C=O) groups excluding carboxylic acids is 1. The van der Waals surface area contributed by atoms with Crippen LogP contribution in [0.15, 0.2) is 18.2 Å². The maximum absolute atomic E-state index is 13.3. The lowest BCUT2D eigenvalue weighted by atomic mass is 10.1. The van der Waals surface area contributed by atoms with Crippen molar-refractivity contribution in [3.63, 3.8) is 0 Å². The second-order valence-corrected chi connectivity index (χ2v) is 3.17. The number of halogens is 1. The third kappa shape index (κ3) is 3.32. The first-order chi connectivity index (χ1) is 7.50. The number of primary amides is 1. The minimum absolute atomic E-state index is 0.0805. The molecule has 0 aliphatic rings. The topological polar surface area (TPSA) is 92.4 Å². The van der Waals surface area contributed by atoms with Crippen LogP contribution in [0.3, 0.4) is 0 Å². The van der Waals surface area contributed by atoms with Crippen LogP contribution in [0.25, 0.3) is 0 Å². The molecule has 0 saturated heterocycles. The molecule has 0 spiro atoms. The van der Waals surface area contributed by atoms with Gasteiger partial charge in [-0.1, -0.05) is 6.07 Å². The van der Waals surface area contributed by atoms with E-state index in [1.54, 1.807) is 0 Å². The molecule has 16 heavy (non-hydrogen) atoms.